The quantitative estimate of drug-likeness (QED) is 0.758. The van der Waals surface area contributed by atoms with Crippen LogP contribution in [0, 0.1) is 6.92 Å². The zero-order valence-corrected chi connectivity index (χ0v) is 16.2. The lowest BCUT2D eigenvalue weighted by Crippen LogP contribution is -2.44. The number of hydrogen-bond donors (Lipinski definition) is 1. The summed E-state index contributed by atoms with van der Waals surface area (Å²) in [4.78, 5) is 21.9. The number of hydrogen-bond acceptors (Lipinski definition) is 5. The summed E-state index contributed by atoms with van der Waals surface area (Å²) in [5.41, 5.74) is 3.16. The minimum atomic E-state index is -0.157. The van der Waals surface area contributed by atoms with Gasteiger partial charge in [-0.3, -0.25) is 4.79 Å². The molecule has 1 aliphatic heterocycles. The monoisotopic (exact) mass is 376 g/mol. The zero-order chi connectivity index (χ0) is 19.5. The Hall–Kier alpha value is -3.19. The van der Waals surface area contributed by atoms with Crippen LogP contribution >= 0.6 is 0 Å². The number of piperazine rings is 1. The Morgan fingerprint density at radius 2 is 1.82 bits per heavy atom. The van der Waals surface area contributed by atoms with Gasteiger partial charge in [-0.1, -0.05) is 12.1 Å². The number of pyridine rings is 1. The van der Waals surface area contributed by atoms with Crippen LogP contribution in [0.4, 0.5) is 11.5 Å². The molecule has 2 aromatic heterocycles. The second kappa shape index (κ2) is 7.82. The molecule has 7 heteroatoms. The van der Waals surface area contributed by atoms with E-state index in [1.807, 2.05) is 48.0 Å². The summed E-state index contributed by atoms with van der Waals surface area (Å²) >= 11 is 0. The lowest BCUT2D eigenvalue weighted by atomic mass is 10.2. The molecule has 28 heavy (non-hydrogen) atoms. The maximum atomic E-state index is 12.9. The van der Waals surface area contributed by atoms with Gasteiger partial charge in [-0.15, -0.1) is 0 Å². The number of rotatable bonds is 4. The third-order valence-corrected chi connectivity index (χ3v) is 5.05. The van der Waals surface area contributed by atoms with Crippen LogP contribution < -0.4 is 10.2 Å². The highest BCUT2D eigenvalue weighted by atomic mass is 16.1. The molecule has 1 aliphatic rings. The molecule has 0 atom stereocenters. The molecule has 1 aromatic carbocycles. The van der Waals surface area contributed by atoms with E-state index in [1.54, 1.807) is 18.5 Å². The average Bonchev–Trinajstić information content (AvgIpc) is 3.15. The van der Waals surface area contributed by atoms with Gasteiger partial charge in [0.25, 0.3) is 5.91 Å². The summed E-state index contributed by atoms with van der Waals surface area (Å²) < 4.78 is 1.82. The molecule has 1 amide bonds. The second-order valence-electron chi connectivity index (χ2n) is 7.05. The van der Waals surface area contributed by atoms with Gasteiger partial charge in [0, 0.05) is 49.8 Å². The summed E-state index contributed by atoms with van der Waals surface area (Å²) in [6.45, 7) is 5.80. The minimum absolute atomic E-state index is 0.157. The van der Waals surface area contributed by atoms with Crippen molar-refractivity contribution in [3.05, 3.63) is 66.1 Å². The van der Waals surface area contributed by atoms with E-state index >= 15 is 0 Å². The number of aryl methyl sites for hydroxylation is 1. The van der Waals surface area contributed by atoms with Crippen molar-refractivity contribution >= 4 is 17.4 Å². The molecule has 7 nitrogen and oxygen atoms in total. The van der Waals surface area contributed by atoms with Gasteiger partial charge in [0.05, 0.1) is 11.4 Å². The number of benzene rings is 1. The summed E-state index contributed by atoms with van der Waals surface area (Å²) in [5, 5.41) is 7.38. The van der Waals surface area contributed by atoms with Crippen molar-refractivity contribution in [3.63, 3.8) is 0 Å². The van der Waals surface area contributed by atoms with Gasteiger partial charge in [0.2, 0.25) is 0 Å². The van der Waals surface area contributed by atoms with E-state index in [2.05, 4.69) is 32.2 Å². The van der Waals surface area contributed by atoms with Crippen LogP contribution in [0.25, 0.3) is 5.69 Å². The Morgan fingerprint density at radius 1 is 1.04 bits per heavy atom. The first-order valence-corrected chi connectivity index (χ1v) is 9.43. The van der Waals surface area contributed by atoms with Gasteiger partial charge >= 0.3 is 0 Å². The SMILES string of the molecule is Cc1ccnn1-c1ccccc1NC(=O)c1ccnc(N2CCN(C)CC2)c1. The first kappa shape index (κ1) is 18.2. The molecule has 0 radical (unpaired) electrons. The van der Waals surface area contributed by atoms with E-state index in [0.717, 1.165) is 49.1 Å². The average molecular weight is 376 g/mol. The molecule has 0 bridgehead atoms. The van der Waals surface area contributed by atoms with Gasteiger partial charge in [0.1, 0.15) is 5.82 Å². The standard InChI is InChI=1S/C21H24N6O/c1-16-7-10-23-27(16)19-6-4-3-5-18(19)24-21(28)17-8-9-22-20(15-17)26-13-11-25(2)12-14-26/h3-10,15H,11-14H2,1-2H3,(H,24,28). The van der Waals surface area contributed by atoms with Gasteiger partial charge in [-0.05, 0) is 44.3 Å². The Labute approximate surface area is 164 Å². The van der Waals surface area contributed by atoms with Crippen LogP contribution in [0.3, 0.4) is 0 Å². The Bertz CT molecular complexity index is 974. The van der Waals surface area contributed by atoms with E-state index in [0.29, 0.717) is 5.56 Å². The van der Waals surface area contributed by atoms with Crippen LogP contribution in [0.15, 0.2) is 54.9 Å². The van der Waals surface area contributed by atoms with E-state index in [9.17, 15) is 4.79 Å². The Morgan fingerprint density at radius 3 is 2.57 bits per heavy atom. The topological polar surface area (TPSA) is 66.3 Å². The molecule has 3 heterocycles. The number of anilines is 2. The van der Waals surface area contributed by atoms with Crippen molar-refractivity contribution in [3.8, 4) is 5.69 Å². The first-order chi connectivity index (χ1) is 13.6. The third kappa shape index (κ3) is 3.75. The van der Waals surface area contributed by atoms with Gasteiger partial charge < -0.3 is 15.1 Å². The molecule has 144 valence electrons. The van der Waals surface area contributed by atoms with E-state index < -0.39 is 0 Å². The number of para-hydroxylation sites is 2. The highest BCUT2D eigenvalue weighted by Gasteiger charge is 2.17. The maximum Gasteiger partial charge on any atom is 0.255 e. The van der Waals surface area contributed by atoms with E-state index in [-0.39, 0.29) is 5.91 Å². The van der Waals surface area contributed by atoms with Crippen molar-refractivity contribution in [1.29, 1.82) is 0 Å². The van der Waals surface area contributed by atoms with Crippen LogP contribution in [0.2, 0.25) is 0 Å². The summed E-state index contributed by atoms with van der Waals surface area (Å²) in [6, 6.07) is 13.2. The normalized spacial score (nSPS) is 14.9. The molecule has 0 unspecified atom stereocenters. The van der Waals surface area contributed by atoms with E-state index in [4.69, 9.17) is 0 Å². The fourth-order valence-electron chi connectivity index (χ4n) is 3.35. The predicted molar refractivity (Wildman–Crippen MR) is 110 cm³/mol. The Balaban J connectivity index is 1.55. The summed E-state index contributed by atoms with van der Waals surface area (Å²) in [6.07, 6.45) is 3.45. The van der Waals surface area contributed by atoms with Crippen molar-refractivity contribution < 1.29 is 4.79 Å². The van der Waals surface area contributed by atoms with Crippen molar-refractivity contribution in [2.24, 2.45) is 0 Å². The lowest BCUT2D eigenvalue weighted by molar-refractivity contribution is 0.102. The molecular weight excluding hydrogens is 352 g/mol. The number of carbonyl (C=O) groups is 1. The molecule has 0 aliphatic carbocycles. The number of aromatic nitrogens is 3. The highest BCUT2D eigenvalue weighted by Crippen LogP contribution is 2.22. The minimum Gasteiger partial charge on any atom is -0.354 e. The van der Waals surface area contributed by atoms with Crippen LogP contribution in [0.1, 0.15) is 16.1 Å². The number of carbonyl (C=O) groups excluding carboxylic acids is 1. The van der Waals surface area contributed by atoms with Crippen LogP contribution in [-0.4, -0.2) is 58.8 Å². The van der Waals surface area contributed by atoms with Crippen molar-refractivity contribution in [2.45, 2.75) is 6.92 Å². The highest BCUT2D eigenvalue weighted by molar-refractivity contribution is 6.05. The fraction of sp³-hybridized carbons (Fsp3) is 0.286. The number of nitrogens with one attached hydrogen (secondary N) is 1. The lowest BCUT2D eigenvalue weighted by Gasteiger charge is -2.33. The predicted octanol–water partition coefficient (Wildman–Crippen LogP) is 2.58. The number of nitrogens with zero attached hydrogens (tertiary/aromatic N) is 5. The molecule has 0 spiro atoms. The van der Waals surface area contributed by atoms with Gasteiger partial charge in [-0.2, -0.15) is 5.10 Å². The molecule has 1 saturated heterocycles. The Kier molecular flexibility index (Phi) is 5.08. The maximum absolute atomic E-state index is 12.9. The van der Waals surface area contributed by atoms with Crippen LogP contribution in [-0.2, 0) is 0 Å². The van der Waals surface area contributed by atoms with Gasteiger partial charge in [-0.25, -0.2) is 9.67 Å². The molecule has 1 fully saturated rings. The van der Waals surface area contributed by atoms with E-state index in [1.165, 1.54) is 0 Å². The number of amides is 1. The van der Waals surface area contributed by atoms with Gasteiger partial charge in [0.15, 0.2) is 0 Å². The first-order valence-electron chi connectivity index (χ1n) is 9.43. The van der Waals surface area contributed by atoms with Crippen molar-refractivity contribution in [2.75, 3.05) is 43.4 Å². The molecule has 0 saturated carbocycles. The van der Waals surface area contributed by atoms with Crippen molar-refractivity contribution in [1.82, 2.24) is 19.7 Å². The second-order valence-corrected chi connectivity index (χ2v) is 7.05. The third-order valence-electron chi connectivity index (χ3n) is 5.05. The largest absolute Gasteiger partial charge is 0.354 e. The molecular formula is C21H24N6O. The molecule has 3 aromatic rings. The summed E-state index contributed by atoms with van der Waals surface area (Å²) in [5.74, 6) is 0.687. The molecule has 1 N–H and O–H groups in total. The zero-order valence-electron chi connectivity index (χ0n) is 16.2. The molecule has 4 rings (SSSR count). The smallest absolute Gasteiger partial charge is 0.255 e. The van der Waals surface area contributed by atoms with Crippen LogP contribution in [0.5, 0.6) is 0 Å². The summed E-state index contributed by atoms with van der Waals surface area (Å²) in [7, 11) is 2.12. The number of likely N-dealkylation sites (N-methyl/N-ethyl adjacent to an activating group) is 1. The fourth-order valence-corrected chi connectivity index (χ4v) is 3.35.